The zero-order valence-electron chi connectivity index (χ0n) is 11.0. The molecule has 1 heterocycles. The lowest BCUT2D eigenvalue weighted by atomic mass is 10.4. The second-order valence-corrected chi connectivity index (χ2v) is 4.62. The van der Waals surface area contributed by atoms with Gasteiger partial charge in [0.1, 0.15) is 13.1 Å². The maximum absolute atomic E-state index is 8.65. The molecule has 0 aromatic carbocycles. The third-order valence-corrected chi connectivity index (χ3v) is 3.41. The van der Waals surface area contributed by atoms with Crippen molar-refractivity contribution in [3.8, 4) is 0 Å². The maximum atomic E-state index is 8.65. The minimum absolute atomic E-state index is 0. The van der Waals surface area contributed by atoms with Crippen LogP contribution in [-0.2, 0) is 9.47 Å². The van der Waals surface area contributed by atoms with Crippen LogP contribution in [0.5, 0.6) is 0 Å². The molecule has 1 aliphatic rings. The first-order valence-corrected chi connectivity index (χ1v) is 6.55. The Balaban J connectivity index is 0.00000289. The first-order chi connectivity index (χ1) is 8.33. The molecule has 0 aromatic rings. The Morgan fingerprint density at radius 3 is 1.61 bits per heavy atom. The van der Waals surface area contributed by atoms with E-state index in [-0.39, 0.29) is 25.6 Å². The zero-order chi connectivity index (χ0) is 12.4. The maximum Gasteiger partial charge on any atom is 0.102 e. The van der Waals surface area contributed by atoms with Gasteiger partial charge in [0.25, 0.3) is 0 Å². The predicted octanol–water partition coefficient (Wildman–Crippen LogP) is -3.38. The summed E-state index contributed by atoms with van der Waals surface area (Å²) >= 11 is 0. The molecule has 1 rings (SSSR count). The van der Waals surface area contributed by atoms with Crippen LogP contribution in [-0.4, -0.2) is 80.5 Å². The highest BCUT2D eigenvalue weighted by Crippen LogP contribution is 2.18. The SMILES string of the molecule is OCCOCC[N+]1(CCOCCO)CCCC1.[Cl-]. The van der Waals surface area contributed by atoms with Crippen LogP contribution in [0.15, 0.2) is 0 Å². The second-order valence-electron chi connectivity index (χ2n) is 4.62. The monoisotopic (exact) mass is 283 g/mol. The van der Waals surface area contributed by atoms with Crippen molar-refractivity contribution >= 4 is 0 Å². The first kappa shape index (κ1) is 18.1. The lowest BCUT2D eigenvalue weighted by Crippen LogP contribution is -3.00. The number of hydrogen-bond donors (Lipinski definition) is 2. The molecule has 0 saturated carbocycles. The molecule has 6 heteroatoms. The van der Waals surface area contributed by atoms with E-state index < -0.39 is 0 Å². The molecule has 1 aliphatic heterocycles. The van der Waals surface area contributed by atoms with Gasteiger partial charge < -0.3 is 36.6 Å². The van der Waals surface area contributed by atoms with Crippen LogP contribution in [0.25, 0.3) is 0 Å². The van der Waals surface area contributed by atoms with Gasteiger partial charge in [0.15, 0.2) is 0 Å². The van der Waals surface area contributed by atoms with Crippen molar-refractivity contribution in [2.75, 3.05) is 65.8 Å². The van der Waals surface area contributed by atoms with Crippen LogP contribution in [0.4, 0.5) is 0 Å². The number of hydrogen-bond acceptors (Lipinski definition) is 4. The number of rotatable bonds is 10. The number of halogens is 1. The number of aliphatic hydroxyl groups is 2. The Morgan fingerprint density at radius 2 is 1.22 bits per heavy atom. The molecule has 0 spiro atoms. The highest BCUT2D eigenvalue weighted by atomic mass is 35.5. The number of quaternary nitrogens is 1. The summed E-state index contributed by atoms with van der Waals surface area (Å²) in [5, 5.41) is 17.3. The van der Waals surface area contributed by atoms with E-state index in [9.17, 15) is 0 Å². The molecule has 0 aromatic heterocycles. The van der Waals surface area contributed by atoms with Crippen LogP contribution in [0.1, 0.15) is 12.8 Å². The van der Waals surface area contributed by atoms with E-state index in [1.807, 2.05) is 0 Å². The van der Waals surface area contributed by atoms with Crippen LogP contribution in [0, 0.1) is 0 Å². The van der Waals surface area contributed by atoms with Crippen molar-refractivity contribution in [1.29, 1.82) is 0 Å². The van der Waals surface area contributed by atoms with Crippen molar-refractivity contribution < 1.29 is 36.6 Å². The summed E-state index contributed by atoms with van der Waals surface area (Å²) in [7, 11) is 0. The van der Waals surface area contributed by atoms with E-state index in [1.165, 1.54) is 25.9 Å². The van der Waals surface area contributed by atoms with Crippen molar-refractivity contribution in [2.24, 2.45) is 0 Å². The summed E-state index contributed by atoms with van der Waals surface area (Å²) in [5.74, 6) is 0. The largest absolute Gasteiger partial charge is 1.00 e. The Labute approximate surface area is 116 Å². The number of aliphatic hydroxyl groups excluding tert-OH is 2. The Hall–Kier alpha value is 0.0900. The van der Waals surface area contributed by atoms with Crippen LogP contribution < -0.4 is 12.4 Å². The second kappa shape index (κ2) is 11.0. The average Bonchev–Trinajstić information content (AvgIpc) is 2.80. The van der Waals surface area contributed by atoms with Gasteiger partial charge in [-0.1, -0.05) is 0 Å². The standard InChI is InChI=1S/C12H26NO4.ClH/c14-7-11-16-9-5-13(3-1-2-4-13)6-10-17-12-8-15;/h14-15H,1-12H2;1H/q+1;/p-1. The molecule has 0 bridgehead atoms. The molecule has 18 heavy (non-hydrogen) atoms. The number of likely N-dealkylation sites (tertiary alicyclic amines) is 1. The van der Waals surface area contributed by atoms with Crippen LogP contribution in [0.3, 0.4) is 0 Å². The topological polar surface area (TPSA) is 58.9 Å². The molecule has 2 N–H and O–H groups in total. The molecule has 5 nitrogen and oxygen atoms in total. The van der Waals surface area contributed by atoms with Gasteiger partial charge >= 0.3 is 0 Å². The molecule has 0 radical (unpaired) electrons. The van der Waals surface area contributed by atoms with E-state index in [4.69, 9.17) is 19.7 Å². The van der Waals surface area contributed by atoms with Crippen molar-refractivity contribution in [1.82, 2.24) is 0 Å². The van der Waals surface area contributed by atoms with Gasteiger partial charge in [-0.2, -0.15) is 0 Å². The summed E-state index contributed by atoms with van der Waals surface area (Å²) in [6, 6.07) is 0. The molecule has 1 saturated heterocycles. The van der Waals surface area contributed by atoms with Gasteiger partial charge in [-0.3, -0.25) is 0 Å². The quantitative estimate of drug-likeness (QED) is 0.324. The van der Waals surface area contributed by atoms with Crippen molar-refractivity contribution in [3.63, 3.8) is 0 Å². The van der Waals surface area contributed by atoms with E-state index in [2.05, 4.69) is 0 Å². The summed E-state index contributed by atoms with van der Waals surface area (Å²) in [4.78, 5) is 0. The average molecular weight is 284 g/mol. The Bertz CT molecular complexity index is 175. The molecule has 110 valence electrons. The van der Waals surface area contributed by atoms with Gasteiger partial charge in [-0.25, -0.2) is 0 Å². The third kappa shape index (κ3) is 6.87. The molecule has 0 atom stereocenters. The van der Waals surface area contributed by atoms with E-state index in [1.54, 1.807) is 0 Å². The molecular weight excluding hydrogens is 258 g/mol. The van der Waals surface area contributed by atoms with Crippen molar-refractivity contribution in [3.05, 3.63) is 0 Å². The smallest absolute Gasteiger partial charge is 0.102 e. The van der Waals surface area contributed by atoms with Crippen LogP contribution in [0.2, 0.25) is 0 Å². The highest BCUT2D eigenvalue weighted by Gasteiger charge is 2.31. The molecule has 1 fully saturated rings. The number of ether oxygens (including phenoxy) is 2. The number of nitrogens with zero attached hydrogens (tertiary/aromatic N) is 1. The Morgan fingerprint density at radius 1 is 0.778 bits per heavy atom. The fourth-order valence-corrected chi connectivity index (χ4v) is 2.41. The predicted molar refractivity (Wildman–Crippen MR) is 64.8 cm³/mol. The first-order valence-electron chi connectivity index (χ1n) is 6.55. The molecule has 0 amide bonds. The fraction of sp³-hybridized carbons (Fsp3) is 1.00. The molecular formula is C12H26ClNO4. The van der Waals surface area contributed by atoms with Gasteiger partial charge in [0.2, 0.25) is 0 Å². The van der Waals surface area contributed by atoms with Gasteiger partial charge in [0, 0.05) is 12.8 Å². The van der Waals surface area contributed by atoms with Gasteiger partial charge in [0.05, 0.1) is 52.7 Å². The summed E-state index contributed by atoms with van der Waals surface area (Å²) in [6.45, 7) is 6.88. The highest BCUT2D eigenvalue weighted by molar-refractivity contribution is 4.55. The van der Waals surface area contributed by atoms with Crippen molar-refractivity contribution in [2.45, 2.75) is 12.8 Å². The third-order valence-electron chi connectivity index (χ3n) is 3.41. The lowest BCUT2D eigenvalue weighted by molar-refractivity contribution is -0.917. The summed E-state index contributed by atoms with van der Waals surface area (Å²) < 4.78 is 11.8. The van der Waals surface area contributed by atoms with Gasteiger partial charge in [-0.15, -0.1) is 0 Å². The molecule has 0 unspecified atom stereocenters. The minimum atomic E-state index is 0. The van der Waals surface area contributed by atoms with Gasteiger partial charge in [-0.05, 0) is 0 Å². The fourth-order valence-electron chi connectivity index (χ4n) is 2.41. The Kier molecular flexibility index (Phi) is 11.0. The van der Waals surface area contributed by atoms with E-state index >= 15 is 0 Å². The summed E-state index contributed by atoms with van der Waals surface area (Å²) in [5.41, 5.74) is 0. The lowest BCUT2D eigenvalue weighted by Gasteiger charge is -2.34. The zero-order valence-corrected chi connectivity index (χ0v) is 11.8. The minimum Gasteiger partial charge on any atom is -1.00 e. The normalized spacial score (nSPS) is 17.7. The van der Waals surface area contributed by atoms with Crippen LogP contribution >= 0.6 is 0 Å². The summed E-state index contributed by atoms with van der Waals surface area (Å²) in [6.07, 6.45) is 2.56. The molecule has 0 aliphatic carbocycles. The van der Waals surface area contributed by atoms with E-state index in [0.29, 0.717) is 26.4 Å². The van der Waals surface area contributed by atoms with E-state index in [0.717, 1.165) is 17.6 Å².